The van der Waals surface area contributed by atoms with Crippen LogP contribution < -0.4 is 10.2 Å². The van der Waals surface area contributed by atoms with E-state index in [1.165, 1.54) is 46.9 Å². The molecule has 2 aromatic rings. The quantitative estimate of drug-likeness (QED) is 0.478. The van der Waals surface area contributed by atoms with Crippen LogP contribution in [-0.2, 0) is 14.4 Å². The second-order valence-electron chi connectivity index (χ2n) is 10.1. The van der Waals surface area contributed by atoms with Gasteiger partial charge < -0.3 is 20.0 Å². The SMILES string of the molecule is CCC(=O)CN1C(=O)C2C(N=CN2[C@@H](C)C(=O)Nc2csc(-c3cnc(N4CCC[C@H]4C(F)(F)F)nc3)n2)N(C)C1=O. The van der Waals surface area contributed by atoms with Crippen LogP contribution in [0.2, 0.25) is 0 Å². The molecule has 2 unspecified atom stereocenters. The molecule has 42 heavy (non-hydrogen) atoms. The van der Waals surface area contributed by atoms with Gasteiger partial charge in [0.15, 0.2) is 18.0 Å². The lowest BCUT2D eigenvalue weighted by molar-refractivity contribution is -0.146. The minimum Gasteiger partial charge on any atom is -0.335 e. The number of aliphatic imine (C=N–C) groups is 1. The van der Waals surface area contributed by atoms with Crippen molar-refractivity contribution in [3.05, 3.63) is 17.8 Å². The number of ketones is 1. The third kappa shape index (κ3) is 5.39. The summed E-state index contributed by atoms with van der Waals surface area (Å²) in [6.45, 7) is 3.06. The van der Waals surface area contributed by atoms with Crippen molar-refractivity contribution in [3.63, 3.8) is 0 Å². The number of imide groups is 1. The summed E-state index contributed by atoms with van der Waals surface area (Å²) in [5, 5.41) is 4.73. The predicted molar refractivity (Wildman–Crippen MR) is 146 cm³/mol. The molecule has 1 N–H and O–H groups in total. The number of fused-ring (bicyclic) bond motifs is 1. The van der Waals surface area contributed by atoms with Gasteiger partial charge in [-0.15, -0.1) is 11.3 Å². The molecule has 13 nitrogen and oxygen atoms in total. The number of likely N-dealkylation sites (N-methyl/N-ethyl adjacent to an activating group) is 1. The number of nitrogens with one attached hydrogen (secondary N) is 1. The molecule has 2 aromatic heterocycles. The lowest BCUT2D eigenvalue weighted by atomic mass is 10.1. The van der Waals surface area contributed by atoms with Crippen molar-refractivity contribution in [2.75, 3.05) is 30.4 Å². The summed E-state index contributed by atoms with van der Waals surface area (Å²) in [6.07, 6.45) is -0.522. The number of hydrogen-bond donors (Lipinski definition) is 1. The Morgan fingerprint density at radius 3 is 2.60 bits per heavy atom. The molecular weight excluding hydrogens is 579 g/mol. The van der Waals surface area contributed by atoms with E-state index < -0.39 is 48.3 Å². The number of halogens is 3. The van der Waals surface area contributed by atoms with E-state index in [1.807, 2.05) is 0 Å². The molecule has 0 bridgehead atoms. The molecule has 3 aliphatic heterocycles. The molecular formula is C25H28F3N9O4S. The van der Waals surface area contributed by atoms with E-state index in [1.54, 1.807) is 19.2 Å². The van der Waals surface area contributed by atoms with Crippen molar-refractivity contribution in [2.45, 2.75) is 63.6 Å². The zero-order chi connectivity index (χ0) is 30.3. The number of Topliss-reactive ketones (excluding diaryl/α,β-unsaturated/α-hetero) is 1. The number of anilines is 2. The molecule has 0 radical (unpaired) electrons. The summed E-state index contributed by atoms with van der Waals surface area (Å²) in [5.41, 5.74) is 0.469. The fourth-order valence-electron chi connectivity index (χ4n) is 5.11. The first-order chi connectivity index (χ1) is 19.9. The maximum atomic E-state index is 13.3. The molecule has 0 saturated carbocycles. The van der Waals surface area contributed by atoms with Crippen LogP contribution in [0.5, 0.6) is 0 Å². The van der Waals surface area contributed by atoms with E-state index in [0.29, 0.717) is 17.0 Å². The van der Waals surface area contributed by atoms with Crippen molar-refractivity contribution in [2.24, 2.45) is 4.99 Å². The monoisotopic (exact) mass is 607 g/mol. The van der Waals surface area contributed by atoms with Crippen molar-refractivity contribution < 1.29 is 32.3 Å². The Balaban J connectivity index is 1.25. The molecule has 17 heteroatoms. The van der Waals surface area contributed by atoms with Gasteiger partial charge >= 0.3 is 12.2 Å². The van der Waals surface area contributed by atoms with Gasteiger partial charge in [-0.25, -0.2) is 24.7 Å². The zero-order valence-electron chi connectivity index (χ0n) is 22.9. The van der Waals surface area contributed by atoms with E-state index in [0.717, 1.165) is 9.80 Å². The Morgan fingerprint density at radius 1 is 1.21 bits per heavy atom. The first-order valence-corrected chi connectivity index (χ1v) is 14.1. The second-order valence-corrected chi connectivity index (χ2v) is 11.0. The van der Waals surface area contributed by atoms with Crippen LogP contribution in [0.15, 0.2) is 22.8 Å². The van der Waals surface area contributed by atoms with Crippen molar-refractivity contribution in [1.82, 2.24) is 29.7 Å². The number of urea groups is 1. The predicted octanol–water partition coefficient (Wildman–Crippen LogP) is 2.37. The maximum Gasteiger partial charge on any atom is 0.408 e. The number of nitrogens with zero attached hydrogens (tertiary/aromatic N) is 8. The fraction of sp³-hybridized carbons (Fsp3) is 0.520. The maximum absolute atomic E-state index is 13.3. The van der Waals surface area contributed by atoms with E-state index >= 15 is 0 Å². The van der Waals surface area contributed by atoms with E-state index in [2.05, 4.69) is 25.3 Å². The van der Waals surface area contributed by atoms with Crippen molar-refractivity contribution in [1.29, 1.82) is 0 Å². The molecule has 2 fully saturated rings. The topological polar surface area (TPSA) is 144 Å². The first kappa shape index (κ1) is 29.3. The summed E-state index contributed by atoms with van der Waals surface area (Å²) in [6, 6.07) is -4.12. The van der Waals surface area contributed by atoms with Gasteiger partial charge in [0.1, 0.15) is 22.9 Å². The number of carbonyl (C=O) groups is 4. The normalized spacial score (nSPS) is 23.0. The van der Waals surface area contributed by atoms with Gasteiger partial charge in [0.05, 0.1) is 12.9 Å². The molecule has 4 amide bonds. The van der Waals surface area contributed by atoms with Gasteiger partial charge in [-0.2, -0.15) is 13.2 Å². The average molecular weight is 608 g/mol. The highest BCUT2D eigenvalue weighted by molar-refractivity contribution is 7.13. The Hall–Kier alpha value is -4.15. The number of carbonyl (C=O) groups excluding carboxylic acids is 4. The number of hydrogen-bond acceptors (Lipinski definition) is 11. The molecule has 224 valence electrons. The number of amides is 4. The molecule has 5 heterocycles. The number of aromatic nitrogens is 3. The fourth-order valence-corrected chi connectivity index (χ4v) is 5.84. The smallest absolute Gasteiger partial charge is 0.335 e. The van der Waals surface area contributed by atoms with Crippen molar-refractivity contribution >= 4 is 53.1 Å². The summed E-state index contributed by atoms with van der Waals surface area (Å²) >= 11 is 1.18. The van der Waals surface area contributed by atoms with Crippen LogP contribution in [-0.4, -0.2) is 110 Å². The number of thiazole rings is 1. The van der Waals surface area contributed by atoms with E-state index in [-0.39, 0.29) is 43.5 Å². The standard InChI is InChI=1S/C25H28F3N9O4S/c1-4-15(38)10-36-22(40)18-19(34(3)24(36)41)31-12-37(18)13(2)20(39)32-17-11-42-21(33-17)14-8-29-23(30-9-14)35-7-5-6-16(35)25(26,27)28/h8-9,11-13,16,18-19H,4-7,10H2,1-3H3,(H,32,39)/t13-,16-,18?,19?/m0/s1. The zero-order valence-corrected chi connectivity index (χ0v) is 23.7. The summed E-state index contributed by atoms with van der Waals surface area (Å²) in [7, 11) is 1.48. The van der Waals surface area contributed by atoms with Crippen LogP contribution in [0.4, 0.5) is 29.7 Å². The third-order valence-electron chi connectivity index (χ3n) is 7.49. The van der Waals surface area contributed by atoms with Gasteiger partial charge in [0.25, 0.3) is 5.91 Å². The van der Waals surface area contributed by atoms with Crippen LogP contribution >= 0.6 is 11.3 Å². The van der Waals surface area contributed by atoms with Gasteiger partial charge in [0, 0.05) is 43.4 Å². The lowest BCUT2D eigenvalue weighted by Crippen LogP contribution is -2.66. The molecule has 5 rings (SSSR count). The summed E-state index contributed by atoms with van der Waals surface area (Å²) < 4.78 is 39.9. The van der Waals surface area contributed by atoms with Crippen molar-refractivity contribution in [3.8, 4) is 10.6 Å². The average Bonchev–Trinajstić information content (AvgIpc) is 3.73. The Kier molecular flexibility index (Phi) is 7.87. The largest absolute Gasteiger partial charge is 0.408 e. The van der Waals surface area contributed by atoms with Crippen LogP contribution in [0.25, 0.3) is 10.6 Å². The van der Waals surface area contributed by atoms with Crippen LogP contribution in [0, 0.1) is 0 Å². The minimum atomic E-state index is -4.37. The Labute approximate surface area is 242 Å². The molecule has 4 atom stereocenters. The van der Waals surface area contributed by atoms with Crippen LogP contribution in [0.3, 0.4) is 0 Å². The van der Waals surface area contributed by atoms with Gasteiger partial charge in [-0.1, -0.05) is 6.92 Å². The first-order valence-electron chi connectivity index (χ1n) is 13.2. The van der Waals surface area contributed by atoms with E-state index in [4.69, 9.17) is 0 Å². The number of alkyl halides is 3. The molecule has 0 spiro atoms. The highest BCUT2D eigenvalue weighted by atomic mass is 32.1. The minimum absolute atomic E-state index is 0.00691. The second kappa shape index (κ2) is 11.3. The van der Waals surface area contributed by atoms with E-state index in [9.17, 15) is 32.3 Å². The molecule has 3 aliphatic rings. The van der Waals surface area contributed by atoms with Gasteiger partial charge in [0.2, 0.25) is 11.9 Å². The third-order valence-corrected chi connectivity index (χ3v) is 8.38. The molecule has 0 aromatic carbocycles. The van der Waals surface area contributed by atoms with Gasteiger partial charge in [-0.3, -0.25) is 19.3 Å². The van der Waals surface area contributed by atoms with Crippen LogP contribution in [0.1, 0.15) is 33.1 Å². The molecule has 2 saturated heterocycles. The number of rotatable bonds is 8. The lowest BCUT2D eigenvalue weighted by Gasteiger charge is -2.42. The Bertz CT molecular complexity index is 1420. The summed E-state index contributed by atoms with van der Waals surface area (Å²) in [4.78, 5) is 72.7. The highest BCUT2D eigenvalue weighted by Gasteiger charge is 2.52. The highest BCUT2D eigenvalue weighted by Crippen LogP contribution is 2.35. The summed E-state index contributed by atoms with van der Waals surface area (Å²) in [5.74, 6) is -1.18. The molecule has 0 aliphatic carbocycles. The Morgan fingerprint density at radius 2 is 1.93 bits per heavy atom. The van der Waals surface area contributed by atoms with Gasteiger partial charge in [-0.05, 0) is 19.8 Å².